The van der Waals surface area contributed by atoms with Crippen molar-refractivity contribution in [2.24, 2.45) is 15.7 Å². The smallest absolute Gasteiger partial charge is 0.141 e. The first-order valence-electron chi connectivity index (χ1n) is 10.1. The number of hydrogen-bond donors (Lipinski definition) is 0. The predicted molar refractivity (Wildman–Crippen MR) is 115 cm³/mol. The molecule has 3 rings (SSSR count). The molecule has 0 spiro atoms. The van der Waals surface area contributed by atoms with Crippen molar-refractivity contribution < 1.29 is 9.68 Å². The van der Waals surface area contributed by atoms with Crippen LogP contribution in [0, 0.1) is 23.7 Å². The number of nitrogens with zero attached hydrogens (tertiary/aromatic N) is 5. The van der Waals surface area contributed by atoms with Crippen molar-refractivity contribution in [3.8, 4) is 6.07 Å². The maximum absolute atomic E-state index is 8.96. The fraction of sp³-hybridized carbons (Fsp3) is 0.435. The summed E-state index contributed by atoms with van der Waals surface area (Å²) in [5, 5.41) is 17.5. The van der Waals surface area contributed by atoms with Crippen molar-refractivity contribution in [2.45, 2.75) is 47.0 Å². The quantitative estimate of drug-likeness (QED) is 0.509. The number of aryl methyl sites for hydroxylation is 2. The largest absolute Gasteiger partial charge is 0.395 e. The van der Waals surface area contributed by atoms with Gasteiger partial charge in [0.25, 0.3) is 0 Å². The van der Waals surface area contributed by atoms with E-state index in [1.165, 1.54) is 5.56 Å². The van der Waals surface area contributed by atoms with Crippen LogP contribution in [0.5, 0.6) is 0 Å². The number of aromatic nitrogens is 2. The van der Waals surface area contributed by atoms with Crippen molar-refractivity contribution in [1.29, 1.82) is 5.26 Å². The van der Waals surface area contributed by atoms with Gasteiger partial charge in [0.1, 0.15) is 36.4 Å². The molecular weight excluding hydrogens is 378 g/mol. The van der Waals surface area contributed by atoms with Gasteiger partial charge in [0.05, 0.1) is 11.4 Å². The van der Waals surface area contributed by atoms with Gasteiger partial charge < -0.3 is 9.68 Å². The van der Waals surface area contributed by atoms with Crippen LogP contribution in [0.3, 0.4) is 0 Å². The van der Waals surface area contributed by atoms with Crippen molar-refractivity contribution in [3.63, 3.8) is 0 Å². The Hall–Kier alpha value is -3.27. The number of fused-ring (bicyclic) bond motifs is 1. The Bertz CT molecular complexity index is 1000. The van der Waals surface area contributed by atoms with Crippen LogP contribution < -0.4 is 0 Å². The minimum absolute atomic E-state index is 0.284. The predicted octanol–water partition coefficient (Wildman–Crippen LogP) is 4.18. The first-order chi connectivity index (χ1) is 14.4. The molecule has 2 heterocycles. The molecule has 0 saturated heterocycles. The summed E-state index contributed by atoms with van der Waals surface area (Å²) in [6.07, 6.45) is 2.96. The Morgan fingerprint density at radius 2 is 1.93 bits per heavy atom. The zero-order valence-corrected chi connectivity index (χ0v) is 18.0. The van der Waals surface area contributed by atoms with Crippen LogP contribution in [0.15, 0.2) is 40.6 Å². The highest BCUT2D eigenvalue weighted by Crippen LogP contribution is 2.22. The van der Waals surface area contributed by atoms with E-state index in [4.69, 9.17) is 14.9 Å². The lowest BCUT2D eigenvalue weighted by Gasteiger charge is -2.22. The van der Waals surface area contributed by atoms with Crippen LogP contribution in [0.1, 0.15) is 62.0 Å². The third-order valence-corrected chi connectivity index (χ3v) is 4.77. The first-order valence-corrected chi connectivity index (χ1v) is 10.1. The molecule has 156 valence electrons. The molecule has 0 saturated carbocycles. The molecular formula is C23H27N5O2. The summed E-state index contributed by atoms with van der Waals surface area (Å²) in [4.78, 5) is 20.1. The van der Waals surface area contributed by atoms with Crippen molar-refractivity contribution in [1.82, 2.24) is 9.97 Å². The second-order valence-electron chi connectivity index (χ2n) is 8.26. The summed E-state index contributed by atoms with van der Waals surface area (Å²) in [5.41, 5.74) is 5.39. The number of nitriles is 1. The van der Waals surface area contributed by atoms with Crippen LogP contribution in [-0.4, -0.2) is 34.6 Å². The van der Waals surface area contributed by atoms with Gasteiger partial charge in [-0.25, -0.2) is 4.98 Å². The van der Waals surface area contributed by atoms with Gasteiger partial charge in [-0.1, -0.05) is 36.3 Å². The van der Waals surface area contributed by atoms with Crippen LogP contribution >= 0.6 is 0 Å². The van der Waals surface area contributed by atoms with Gasteiger partial charge in [-0.05, 0) is 56.9 Å². The van der Waals surface area contributed by atoms with E-state index in [2.05, 4.69) is 26.3 Å². The van der Waals surface area contributed by atoms with E-state index in [1.807, 2.05) is 32.9 Å². The molecule has 1 aliphatic rings. The van der Waals surface area contributed by atoms with Crippen molar-refractivity contribution in [3.05, 3.63) is 58.7 Å². The summed E-state index contributed by atoms with van der Waals surface area (Å²) < 4.78 is 0. The highest BCUT2D eigenvalue weighted by Gasteiger charge is 2.22. The summed E-state index contributed by atoms with van der Waals surface area (Å²) in [6.45, 7) is 8.61. The van der Waals surface area contributed by atoms with E-state index in [9.17, 15) is 0 Å². The number of oxime groups is 2. The molecule has 0 radical (unpaired) electrons. The zero-order valence-electron chi connectivity index (χ0n) is 18.0. The molecule has 7 heteroatoms. The molecule has 0 atom stereocenters. The summed E-state index contributed by atoms with van der Waals surface area (Å²) in [7, 11) is 0. The highest BCUT2D eigenvalue weighted by molar-refractivity contribution is 6.00. The van der Waals surface area contributed by atoms with Crippen LogP contribution in [0.25, 0.3) is 0 Å². The van der Waals surface area contributed by atoms with Crippen LogP contribution in [0.4, 0.5) is 0 Å². The first kappa shape index (κ1) is 21.4. The number of hydrogen-bond acceptors (Lipinski definition) is 7. The third kappa shape index (κ3) is 5.63. The average Bonchev–Trinajstić information content (AvgIpc) is 2.73. The Morgan fingerprint density at radius 3 is 2.73 bits per heavy atom. The van der Waals surface area contributed by atoms with Crippen LogP contribution in [-0.2, 0) is 16.1 Å². The maximum atomic E-state index is 8.96. The molecule has 2 aromatic heterocycles. The second-order valence-corrected chi connectivity index (χ2v) is 8.26. The Labute approximate surface area is 177 Å². The molecule has 0 fully saturated rings. The minimum Gasteiger partial charge on any atom is -0.395 e. The number of rotatable bonds is 7. The van der Waals surface area contributed by atoms with Gasteiger partial charge in [-0.3, -0.25) is 4.98 Å². The molecule has 30 heavy (non-hydrogen) atoms. The normalized spacial score (nSPS) is 15.4. The molecule has 1 aliphatic carbocycles. The monoisotopic (exact) mass is 405 g/mol. The van der Waals surface area contributed by atoms with E-state index in [0.717, 1.165) is 36.4 Å². The average molecular weight is 406 g/mol. The Morgan fingerprint density at radius 1 is 1.13 bits per heavy atom. The molecule has 0 amide bonds. The van der Waals surface area contributed by atoms with Crippen molar-refractivity contribution in [2.75, 3.05) is 13.2 Å². The molecule has 2 aromatic rings. The molecule has 0 unspecified atom stereocenters. The van der Waals surface area contributed by atoms with Gasteiger partial charge in [0, 0.05) is 11.1 Å². The molecule has 0 aliphatic heterocycles. The molecule has 0 bridgehead atoms. The van der Waals surface area contributed by atoms with Crippen LogP contribution in [0.2, 0.25) is 0 Å². The van der Waals surface area contributed by atoms with Gasteiger partial charge in [0.2, 0.25) is 0 Å². The third-order valence-electron chi connectivity index (χ3n) is 4.77. The lowest BCUT2D eigenvalue weighted by molar-refractivity contribution is -0.000158. The summed E-state index contributed by atoms with van der Waals surface area (Å²) >= 11 is 0. The van der Waals surface area contributed by atoms with Gasteiger partial charge >= 0.3 is 0 Å². The number of pyridine rings is 2. The molecule has 7 nitrogen and oxygen atoms in total. The second kappa shape index (κ2) is 9.49. The van der Waals surface area contributed by atoms with Gasteiger partial charge in [-0.15, -0.1) is 0 Å². The topological polar surface area (TPSA) is 92.8 Å². The van der Waals surface area contributed by atoms with Gasteiger partial charge in [-0.2, -0.15) is 5.26 Å². The fourth-order valence-electron chi connectivity index (χ4n) is 3.07. The van der Waals surface area contributed by atoms with Gasteiger partial charge in [0.15, 0.2) is 0 Å². The fourth-order valence-corrected chi connectivity index (χ4v) is 3.07. The Balaban J connectivity index is 1.55. The van der Waals surface area contributed by atoms with E-state index in [0.29, 0.717) is 30.3 Å². The Kier molecular flexibility index (Phi) is 6.78. The maximum Gasteiger partial charge on any atom is 0.141 e. The lowest BCUT2D eigenvalue weighted by atomic mass is 9.94. The van der Waals surface area contributed by atoms with Crippen molar-refractivity contribution >= 4 is 11.4 Å². The minimum atomic E-state index is -0.284. The van der Waals surface area contributed by atoms with E-state index in [-0.39, 0.29) is 5.41 Å². The lowest BCUT2D eigenvalue weighted by Crippen LogP contribution is -2.24. The zero-order chi connectivity index (χ0) is 21.6. The van der Waals surface area contributed by atoms with E-state index >= 15 is 0 Å². The van der Waals surface area contributed by atoms with E-state index in [1.54, 1.807) is 25.1 Å². The standard InChI is InChI=1S/C23H27N5O2/c1-16-11-12-18-7-5-10-21(22(18)25-16)28-30-15-23(3,4)14-29-27-17(2)20-9-6-8-19(13-24)26-20/h6,8-9,11-12H,5,7,10,14-15H2,1-4H3/b27-17+,28-21+. The van der Waals surface area contributed by atoms with E-state index < -0.39 is 0 Å². The summed E-state index contributed by atoms with van der Waals surface area (Å²) in [5.74, 6) is 0. The SMILES string of the molecule is C/C(=N\OCC(C)(C)CO/N=C1\CCCc2ccc(C)nc21)c1cccc(C#N)n1. The molecule has 0 N–H and O–H groups in total. The molecule has 0 aromatic carbocycles. The highest BCUT2D eigenvalue weighted by atomic mass is 16.6. The summed E-state index contributed by atoms with van der Waals surface area (Å²) in [6, 6.07) is 11.4.